The van der Waals surface area contributed by atoms with Crippen LogP contribution in [0, 0.1) is 17.8 Å². The fourth-order valence-electron chi connectivity index (χ4n) is 1.76. The molecule has 0 bridgehead atoms. The van der Waals surface area contributed by atoms with Crippen LogP contribution in [0.3, 0.4) is 0 Å². The second kappa shape index (κ2) is 21.3. The van der Waals surface area contributed by atoms with Gasteiger partial charge in [-0.2, -0.15) is 0 Å². The molecule has 0 aromatic rings. The summed E-state index contributed by atoms with van der Waals surface area (Å²) in [5.41, 5.74) is 0. The van der Waals surface area contributed by atoms with E-state index in [2.05, 4.69) is 34.6 Å². The van der Waals surface area contributed by atoms with Crippen molar-refractivity contribution in [2.75, 3.05) is 0 Å². The molecule has 0 radical (unpaired) electrons. The first kappa shape index (κ1) is 25.0. The summed E-state index contributed by atoms with van der Waals surface area (Å²) in [7, 11) is 0. The molecule has 1 aliphatic carbocycles. The van der Waals surface area contributed by atoms with Crippen LogP contribution in [0.25, 0.3) is 0 Å². The van der Waals surface area contributed by atoms with E-state index >= 15 is 0 Å². The monoisotopic (exact) mass is 286 g/mol. The number of hydrogen-bond donors (Lipinski definition) is 0. The first-order chi connectivity index (χ1) is 9.56. The molecule has 0 heterocycles. The zero-order valence-electron chi connectivity index (χ0n) is 16.4. The molecule has 1 fully saturated rings. The van der Waals surface area contributed by atoms with Crippen LogP contribution in [0.1, 0.15) is 114 Å². The van der Waals surface area contributed by atoms with Gasteiger partial charge in [-0.1, -0.05) is 114 Å². The topological polar surface area (TPSA) is 0 Å². The maximum atomic E-state index is 2.28. The quantitative estimate of drug-likeness (QED) is 0.415. The SMILES string of the molecule is CC.CC.CC(C)CCC(C)C.CCCCCC1CC1. The van der Waals surface area contributed by atoms with E-state index in [-0.39, 0.29) is 0 Å². The zero-order valence-corrected chi connectivity index (χ0v) is 16.4. The minimum atomic E-state index is 0.886. The number of unbranched alkanes of at least 4 members (excludes halogenated alkanes) is 2. The van der Waals surface area contributed by atoms with Crippen molar-refractivity contribution in [1.82, 2.24) is 0 Å². The lowest BCUT2D eigenvalue weighted by molar-refractivity contribution is 0.476. The van der Waals surface area contributed by atoms with Gasteiger partial charge in [-0.15, -0.1) is 0 Å². The molecule has 1 saturated carbocycles. The molecule has 1 aliphatic rings. The van der Waals surface area contributed by atoms with Gasteiger partial charge in [0.1, 0.15) is 0 Å². The first-order valence-corrected chi connectivity index (χ1v) is 9.56. The van der Waals surface area contributed by atoms with Gasteiger partial charge in [-0.3, -0.25) is 0 Å². The van der Waals surface area contributed by atoms with Gasteiger partial charge >= 0.3 is 0 Å². The van der Waals surface area contributed by atoms with E-state index in [1.807, 2.05) is 27.7 Å². The molecule has 0 nitrogen and oxygen atoms in total. The molecular formula is C20H46. The third-order valence-electron chi connectivity index (χ3n) is 3.23. The van der Waals surface area contributed by atoms with Crippen molar-refractivity contribution in [1.29, 1.82) is 0 Å². The summed E-state index contributed by atoms with van der Waals surface area (Å²) < 4.78 is 0. The summed E-state index contributed by atoms with van der Waals surface area (Å²) >= 11 is 0. The molecular weight excluding hydrogens is 240 g/mol. The Hall–Kier alpha value is 0. The minimum Gasteiger partial charge on any atom is -0.0683 e. The third-order valence-corrected chi connectivity index (χ3v) is 3.23. The molecule has 0 atom stereocenters. The Morgan fingerprint density at radius 3 is 1.40 bits per heavy atom. The third kappa shape index (κ3) is 30.8. The Kier molecular flexibility index (Phi) is 26.6. The van der Waals surface area contributed by atoms with Crippen LogP contribution in [0.5, 0.6) is 0 Å². The molecule has 0 N–H and O–H groups in total. The van der Waals surface area contributed by atoms with Crippen LogP contribution in [0.15, 0.2) is 0 Å². The Morgan fingerprint density at radius 1 is 0.750 bits per heavy atom. The molecule has 0 saturated heterocycles. The van der Waals surface area contributed by atoms with Crippen molar-refractivity contribution in [3.05, 3.63) is 0 Å². The van der Waals surface area contributed by atoms with Gasteiger partial charge in [0.2, 0.25) is 0 Å². The van der Waals surface area contributed by atoms with E-state index in [4.69, 9.17) is 0 Å². The van der Waals surface area contributed by atoms with Crippen LogP contribution in [0.4, 0.5) is 0 Å². The zero-order chi connectivity index (χ0) is 16.4. The molecule has 20 heavy (non-hydrogen) atoms. The van der Waals surface area contributed by atoms with Gasteiger partial charge < -0.3 is 0 Å². The van der Waals surface area contributed by atoms with Gasteiger partial charge in [-0.25, -0.2) is 0 Å². The normalized spacial score (nSPS) is 12.8. The summed E-state index contributed by atoms with van der Waals surface area (Å²) in [5.74, 6) is 2.93. The van der Waals surface area contributed by atoms with Crippen LogP contribution in [-0.2, 0) is 0 Å². The highest BCUT2D eigenvalue weighted by Gasteiger charge is 2.19. The van der Waals surface area contributed by atoms with E-state index in [0.29, 0.717) is 0 Å². The van der Waals surface area contributed by atoms with E-state index in [1.54, 1.807) is 0 Å². The first-order valence-electron chi connectivity index (χ1n) is 9.56. The average Bonchev–Trinajstić information content (AvgIpc) is 3.26. The summed E-state index contributed by atoms with van der Waals surface area (Å²) in [6.07, 6.45) is 11.7. The summed E-state index contributed by atoms with van der Waals surface area (Å²) in [4.78, 5) is 0. The van der Waals surface area contributed by atoms with E-state index < -0.39 is 0 Å². The largest absolute Gasteiger partial charge is 0.0683 e. The number of rotatable bonds is 7. The van der Waals surface area contributed by atoms with Crippen molar-refractivity contribution in [3.63, 3.8) is 0 Å². The predicted octanol–water partition coefficient (Wildman–Crippen LogP) is 8.11. The second-order valence-electron chi connectivity index (χ2n) is 6.30. The van der Waals surface area contributed by atoms with Crippen LogP contribution >= 0.6 is 0 Å². The van der Waals surface area contributed by atoms with Gasteiger partial charge in [0.05, 0.1) is 0 Å². The van der Waals surface area contributed by atoms with Crippen LogP contribution in [0.2, 0.25) is 0 Å². The Bertz CT molecular complexity index is 123. The fourth-order valence-corrected chi connectivity index (χ4v) is 1.76. The lowest BCUT2D eigenvalue weighted by Crippen LogP contribution is -1.91. The highest BCUT2D eigenvalue weighted by Crippen LogP contribution is 2.33. The molecule has 126 valence electrons. The van der Waals surface area contributed by atoms with Crippen molar-refractivity contribution < 1.29 is 0 Å². The molecule has 0 unspecified atom stereocenters. The minimum absolute atomic E-state index is 0.886. The van der Waals surface area contributed by atoms with E-state index in [0.717, 1.165) is 17.8 Å². The van der Waals surface area contributed by atoms with Gasteiger partial charge in [0, 0.05) is 0 Å². The second-order valence-corrected chi connectivity index (χ2v) is 6.30. The molecule has 0 aromatic carbocycles. The molecule has 0 amide bonds. The van der Waals surface area contributed by atoms with Crippen molar-refractivity contribution >= 4 is 0 Å². The fraction of sp³-hybridized carbons (Fsp3) is 1.00. The lowest BCUT2D eigenvalue weighted by Gasteiger charge is -2.05. The maximum absolute atomic E-state index is 2.28. The highest BCUT2D eigenvalue weighted by atomic mass is 14.2. The summed E-state index contributed by atoms with van der Waals surface area (Å²) in [5, 5.41) is 0. The Morgan fingerprint density at radius 2 is 1.15 bits per heavy atom. The number of hydrogen-bond acceptors (Lipinski definition) is 0. The molecule has 1 rings (SSSR count). The van der Waals surface area contributed by atoms with Crippen molar-refractivity contribution in [3.8, 4) is 0 Å². The molecule has 0 spiro atoms. The molecule has 0 heteroatoms. The standard InChI is InChI=1S/C8H16.C8H18.2C2H6/c1-2-3-4-5-8-6-7-8;1-7(2)5-6-8(3)4;2*1-2/h8H,2-7H2,1H3;7-8H,5-6H2,1-4H3;2*1-2H3. The van der Waals surface area contributed by atoms with E-state index in [9.17, 15) is 0 Å². The van der Waals surface area contributed by atoms with Gasteiger partial charge in [0.15, 0.2) is 0 Å². The summed E-state index contributed by atoms with van der Waals surface area (Å²) in [6.45, 7) is 19.4. The average molecular weight is 287 g/mol. The van der Waals surface area contributed by atoms with Crippen LogP contribution < -0.4 is 0 Å². The van der Waals surface area contributed by atoms with Crippen molar-refractivity contribution in [2.45, 2.75) is 114 Å². The lowest BCUT2D eigenvalue weighted by atomic mass is 10.0. The van der Waals surface area contributed by atoms with E-state index in [1.165, 1.54) is 51.4 Å². The molecule has 0 aliphatic heterocycles. The highest BCUT2D eigenvalue weighted by molar-refractivity contribution is 4.72. The summed E-state index contributed by atoms with van der Waals surface area (Å²) in [6, 6.07) is 0. The molecule has 0 aromatic heterocycles. The van der Waals surface area contributed by atoms with Crippen LogP contribution in [-0.4, -0.2) is 0 Å². The Balaban J connectivity index is -0.000000231. The predicted molar refractivity (Wildman–Crippen MR) is 98.5 cm³/mol. The Labute approximate surface area is 132 Å². The van der Waals surface area contributed by atoms with Crippen molar-refractivity contribution in [2.24, 2.45) is 17.8 Å². The smallest absolute Gasteiger partial charge is 0.0414 e. The maximum Gasteiger partial charge on any atom is -0.0414 e. The van der Waals surface area contributed by atoms with Gasteiger partial charge in [-0.05, 0) is 17.8 Å². The van der Waals surface area contributed by atoms with Gasteiger partial charge in [0.25, 0.3) is 0 Å².